The molecule has 4 aromatic rings. The third-order valence-electron chi connectivity index (χ3n) is 14.7. The van der Waals surface area contributed by atoms with Crippen molar-refractivity contribution in [2.75, 3.05) is 33.2 Å². The first-order valence-corrected chi connectivity index (χ1v) is 25.3. The minimum atomic E-state index is -1.55. The third-order valence-corrected chi connectivity index (χ3v) is 14.7. The van der Waals surface area contributed by atoms with Crippen molar-refractivity contribution in [3.63, 3.8) is 0 Å². The van der Waals surface area contributed by atoms with Crippen LogP contribution in [-0.2, 0) is 25.7 Å². The number of carbonyl (C=O) groups is 1. The first-order valence-electron chi connectivity index (χ1n) is 25.3. The highest BCUT2D eigenvalue weighted by Gasteiger charge is 2.65. The highest BCUT2D eigenvalue weighted by atomic mass is 16.8. The van der Waals surface area contributed by atoms with Crippen LogP contribution in [0.5, 0.6) is 28.7 Å². The number of aliphatic hydroxyl groups is 2. The zero-order valence-electron chi connectivity index (χ0n) is 41.1. The van der Waals surface area contributed by atoms with Crippen molar-refractivity contribution in [3.05, 3.63) is 147 Å². The van der Waals surface area contributed by atoms with E-state index < -0.39 is 29.0 Å². The van der Waals surface area contributed by atoms with E-state index in [9.17, 15) is 20.3 Å². The van der Waals surface area contributed by atoms with Crippen molar-refractivity contribution in [1.82, 2.24) is 4.90 Å². The Labute approximate surface area is 420 Å². The Morgan fingerprint density at radius 1 is 0.917 bits per heavy atom. The summed E-state index contributed by atoms with van der Waals surface area (Å²) in [4.78, 5) is 34.6. The van der Waals surface area contributed by atoms with Gasteiger partial charge < -0.3 is 48.4 Å². The number of amides is 1. The van der Waals surface area contributed by atoms with Gasteiger partial charge in [-0.1, -0.05) is 42.3 Å². The van der Waals surface area contributed by atoms with Gasteiger partial charge in [-0.25, -0.2) is 0 Å². The molecule has 0 aromatic heterocycles. The highest BCUT2D eigenvalue weighted by molar-refractivity contribution is 6.03. The average Bonchev–Trinajstić information content (AvgIpc) is 3.87. The highest BCUT2D eigenvalue weighted by Crippen LogP contribution is 2.62. The standard InChI is InChI=1S/C57H65N3O12/c1-4-28-69-57-52(59(35-40-17-23-50-51(31-40)68-36-67-50)53(63)25-18-39-15-19-42(20-16-39)60(64)65)34-48(58-72-54-13-7-10-29-66-54)46-32-41(11-5-8-26-61)45(12-6-9-27-62)55(56(46)57)47-33-44(22-24-49(47)71-57)70-43-21-14-37(2)38(3)30-43/h4,14-25,30-33,41,45,52,54-56,61-62H,1,5-13,26-29,34-36H2,2-3H3/t41-,45+,52-,54?,55+,56+,57+/m0/s1. The molecule has 15 nitrogen and oxygen atoms in total. The second-order valence-corrected chi connectivity index (χ2v) is 19.4. The number of fused-ring (bicyclic) bond motifs is 3. The number of nitro groups is 1. The molecular formula is C57H65N3O12. The van der Waals surface area contributed by atoms with E-state index in [0.29, 0.717) is 65.9 Å². The summed E-state index contributed by atoms with van der Waals surface area (Å²) in [5, 5.41) is 36.7. The van der Waals surface area contributed by atoms with E-state index in [0.717, 1.165) is 66.4 Å². The van der Waals surface area contributed by atoms with Crippen LogP contribution in [0.4, 0.5) is 5.69 Å². The molecule has 15 heteroatoms. The molecule has 1 amide bonds. The minimum absolute atomic E-state index is 0.0159. The molecule has 380 valence electrons. The Bertz CT molecular complexity index is 2680. The van der Waals surface area contributed by atoms with Crippen molar-refractivity contribution < 1.29 is 53.2 Å². The molecule has 0 bridgehead atoms. The Hall–Kier alpha value is -6.52. The second-order valence-electron chi connectivity index (χ2n) is 19.4. The fourth-order valence-corrected chi connectivity index (χ4v) is 11.1. The second kappa shape index (κ2) is 22.9. The number of ether oxygens (including phenoxy) is 6. The summed E-state index contributed by atoms with van der Waals surface area (Å²) in [6.45, 7) is 9.15. The molecule has 2 N–H and O–H groups in total. The van der Waals surface area contributed by atoms with Crippen LogP contribution in [0.1, 0.15) is 97.9 Å². The molecule has 3 aliphatic heterocycles. The van der Waals surface area contributed by atoms with E-state index >= 15 is 4.79 Å². The summed E-state index contributed by atoms with van der Waals surface area (Å²) in [6.07, 6.45) is 13.6. The molecule has 2 fully saturated rings. The molecule has 1 unspecified atom stereocenters. The molecule has 0 radical (unpaired) electrons. The van der Waals surface area contributed by atoms with Gasteiger partial charge in [0.2, 0.25) is 24.8 Å². The fourth-order valence-electron chi connectivity index (χ4n) is 11.1. The monoisotopic (exact) mass is 983 g/mol. The van der Waals surface area contributed by atoms with Crippen LogP contribution >= 0.6 is 0 Å². The molecule has 7 atom stereocenters. The number of benzene rings is 4. The molecule has 1 saturated heterocycles. The maximum Gasteiger partial charge on any atom is 0.269 e. The maximum absolute atomic E-state index is 15.4. The normalized spacial score (nSPS) is 24.4. The Balaban J connectivity index is 1.24. The molecule has 1 saturated carbocycles. The molecular weight excluding hydrogens is 919 g/mol. The summed E-state index contributed by atoms with van der Waals surface area (Å²) in [5.41, 5.74) is 6.02. The van der Waals surface area contributed by atoms with Crippen LogP contribution < -0.4 is 18.9 Å². The Morgan fingerprint density at radius 2 is 1.68 bits per heavy atom. The van der Waals surface area contributed by atoms with Crippen molar-refractivity contribution in [3.8, 4) is 28.7 Å². The van der Waals surface area contributed by atoms with Crippen molar-refractivity contribution >= 4 is 23.4 Å². The number of nitrogens with zero attached hydrogens (tertiary/aromatic N) is 3. The zero-order chi connectivity index (χ0) is 50.2. The van der Waals surface area contributed by atoms with Gasteiger partial charge in [-0.3, -0.25) is 14.9 Å². The molecule has 5 aliphatic rings. The van der Waals surface area contributed by atoms with Crippen LogP contribution in [0, 0.1) is 41.7 Å². The number of unbranched alkanes of at least 4 members (excludes halogenated alkanes) is 2. The molecule has 3 heterocycles. The van der Waals surface area contributed by atoms with Gasteiger partial charge in [-0.05, 0) is 153 Å². The number of hydrogen-bond acceptors (Lipinski definition) is 13. The van der Waals surface area contributed by atoms with Crippen LogP contribution in [-0.4, -0.2) is 83.0 Å². The molecule has 4 aromatic carbocycles. The number of hydrogen-bond donors (Lipinski definition) is 2. The van der Waals surface area contributed by atoms with E-state index in [-0.39, 0.29) is 68.9 Å². The summed E-state index contributed by atoms with van der Waals surface area (Å²) in [5.74, 6) is 0.297. The van der Waals surface area contributed by atoms with E-state index in [2.05, 4.69) is 32.6 Å². The van der Waals surface area contributed by atoms with Gasteiger partial charge >= 0.3 is 0 Å². The topological polar surface area (TPSA) is 181 Å². The first-order chi connectivity index (χ1) is 35.1. The van der Waals surface area contributed by atoms with Crippen LogP contribution in [0.25, 0.3) is 6.08 Å². The number of aryl methyl sites for hydroxylation is 2. The third kappa shape index (κ3) is 10.9. The molecule has 2 aliphatic carbocycles. The van der Waals surface area contributed by atoms with Crippen LogP contribution in [0.15, 0.2) is 114 Å². The molecule has 0 spiro atoms. The maximum atomic E-state index is 15.4. The van der Waals surface area contributed by atoms with Gasteiger partial charge in [0.05, 0.1) is 29.8 Å². The summed E-state index contributed by atoms with van der Waals surface area (Å²) >= 11 is 0. The Kier molecular flexibility index (Phi) is 16.0. The lowest BCUT2D eigenvalue weighted by Crippen LogP contribution is -2.70. The van der Waals surface area contributed by atoms with Gasteiger partial charge in [0.1, 0.15) is 23.3 Å². The summed E-state index contributed by atoms with van der Waals surface area (Å²) in [6, 6.07) is 22.7. The lowest BCUT2D eigenvalue weighted by molar-refractivity contribution is -0.384. The molecule has 9 rings (SSSR count). The number of allylic oxidation sites excluding steroid dienone is 1. The zero-order valence-corrected chi connectivity index (χ0v) is 41.1. The van der Waals surface area contributed by atoms with Crippen molar-refractivity contribution in [1.29, 1.82) is 0 Å². The predicted molar refractivity (Wildman–Crippen MR) is 271 cm³/mol. The van der Waals surface area contributed by atoms with Gasteiger partial charge in [0.15, 0.2) is 11.5 Å². The first kappa shape index (κ1) is 50.4. The minimum Gasteiger partial charge on any atom is -0.459 e. The lowest BCUT2D eigenvalue weighted by atomic mass is 9.55. The Morgan fingerprint density at radius 3 is 2.43 bits per heavy atom. The van der Waals surface area contributed by atoms with Crippen molar-refractivity contribution in [2.24, 2.45) is 22.9 Å². The summed E-state index contributed by atoms with van der Waals surface area (Å²) < 4.78 is 39.0. The van der Waals surface area contributed by atoms with E-state index in [1.54, 1.807) is 29.2 Å². The van der Waals surface area contributed by atoms with Gasteiger partial charge in [-0.15, -0.1) is 6.58 Å². The number of oxime groups is 1. The summed E-state index contributed by atoms with van der Waals surface area (Å²) in [7, 11) is 0. The number of aliphatic hydroxyl groups excluding tert-OH is 2. The van der Waals surface area contributed by atoms with Crippen molar-refractivity contribution in [2.45, 2.75) is 109 Å². The quantitative estimate of drug-likeness (QED) is 0.0266. The predicted octanol–water partition coefficient (Wildman–Crippen LogP) is 10.6. The fraction of sp³-hybridized carbons (Fsp3) is 0.439. The van der Waals surface area contributed by atoms with Gasteiger partial charge in [-0.2, -0.15) is 0 Å². The lowest BCUT2D eigenvalue weighted by Gasteiger charge is -2.60. The number of nitro benzene ring substituents is 1. The van der Waals surface area contributed by atoms with E-state index in [1.165, 1.54) is 18.2 Å². The smallest absolute Gasteiger partial charge is 0.269 e. The number of carbonyl (C=O) groups excluding carboxylic acids is 1. The van der Waals surface area contributed by atoms with E-state index in [1.807, 2.05) is 48.5 Å². The average molecular weight is 984 g/mol. The van der Waals surface area contributed by atoms with E-state index in [4.69, 9.17) is 38.4 Å². The van der Waals surface area contributed by atoms with Crippen LogP contribution in [0.3, 0.4) is 0 Å². The largest absolute Gasteiger partial charge is 0.459 e. The van der Waals surface area contributed by atoms with Gasteiger partial charge in [0, 0.05) is 62.3 Å². The number of rotatable bonds is 21. The van der Waals surface area contributed by atoms with Crippen LogP contribution in [0.2, 0.25) is 0 Å². The molecule has 72 heavy (non-hydrogen) atoms. The SMILES string of the molecule is C=CCO[C@@]12Oc3ccc(Oc4ccc(C)c(C)c4)cc3[C@H]3[C@H](CCCCO)[C@@H](CCCCO)C=C(C(=NOC4CCCCO4)C[C@@H]1N(Cc1ccc4c(c1)OCO4)C(=O)C=Cc1ccc([N+](=O)[O-])cc1)[C@H]32. The number of non-ortho nitro benzene ring substituents is 1. The van der Waals surface area contributed by atoms with Gasteiger partial charge in [0.25, 0.3) is 5.69 Å².